The van der Waals surface area contributed by atoms with Crippen molar-refractivity contribution < 1.29 is 9.59 Å². The smallest absolute Gasteiger partial charge is 0.272 e. The number of amides is 2. The number of carbonyl (C=O) groups is 2. The Hall–Kier alpha value is -2.34. The quantitative estimate of drug-likeness (QED) is 0.878. The molecular formula is C15H15ClN4O2. The van der Waals surface area contributed by atoms with Gasteiger partial charge in [-0.15, -0.1) is 0 Å². The predicted molar refractivity (Wildman–Crippen MR) is 82.1 cm³/mol. The number of nitrogens with zero attached hydrogens (tertiary/aromatic N) is 2. The maximum atomic E-state index is 12.0. The van der Waals surface area contributed by atoms with Gasteiger partial charge < -0.3 is 10.6 Å². The summed E-state index contributed by atoms with van der Waals surface area (Å²) >= 11 is 5.93. The third-order valence-electron chi connectivity index (χ3n) is 3.25. The summed E-state index contributed by atoms with van der Waals surface area (Å²) in [7, 11) is 0. The maximum Gasteiger partial charge on any atom is 0.272 e. The van der Waals surface area contributed by atoms with E-state index in [0.717, 1.165) is 18.5 Å². The largest absolute Gasteiger partial charge is 0.352 e. The molecule has 0 saturated heterocycles. The molecule has 2 aromatic rings. The molecule has 2 N–H and O–H groups in total. The third-order valence-corrected chi connectivity index (χ3v) is 3.48. The van der Waals surface area contributed by atoms with Crippen LogP contribution >= 0.6 is 11.6 Å². The van der Waals surface area contributed by atoms with E-state index in [1.54, 1.807) is 35.1 Å². The molecule has 6 nitrogen and oxygen atoms in total. The van der Waals surface area contributed by atoms with Crippen LogP contribution in [0, 0.1) is 0 Å². The van der Waals surface area contributed by atoms with Crippen molar-refractivity contribution in [2.75, 3.05) is 6.54 Å². The molecule has 22 heavy (non-hydrogen) atoms. The Kier molecular flexibility index (Phi) is 4.11. The van der Waals surface area contributed by atoms with E-state index in [1.807, 2.05) is 6.07 Å². The fourth-order valence-corrected chi connectivity index (χ4v) is 2.15. The summed E-state index contributed by atoms with van der Waals surface area (Å²) in [6.07, 6.45) is 3.71. The lowest BCUT2D eigenvalue weighted by Crippen LogP contribution is -2.38. The van der Waals surface area contributed by atoms with Gasteiger partial charge in [-0.3, -0.25) is 9.59 Å². The highest BCUT2D eigenvalue weighted by molar-refractivity contribution is 6.30. The minimum absolute atomic E-state index is 0.0423. The van der Waals surface area contributed by atoms with Gasteiger partial charge in [0.05, 0.1) is 12.2 Å². The van der Waals surface area contributed by atoms with Crippen molar-refractivity contribution in [3.8, 4) is 5.69 Å². The first kappa shape index (κ1) is 14.6. The molecule has 1 aliphatic carbocycles. The molecule has 1 aliphatic rings. The van der Waals surface area contributed by atoms with Crippen molar-refractivity contribution in [1.82, 2.24) is 20.4 Å². The number of rotatable bonds is 5. The van der Waals surface area contributed by atoms with Gasteiger partial charge in [0, 0.05) is 17.3 Å². The van der Waals surface area contributed by atoms with Crippen molar-refractivity contribution in [3.05, 3.63) is 47.2 Å². The number of benzene rings is 1. The Bertz CT molecular complexity index is 709. The second kappa shape index (κ2) is 6.19. The highest BCUT2D eigenvalue weighted by atomic mass is 35.5. The van der Waals surface area contributed by atoms with Crippen LogP contribution in [0.1, 0.15) is 23.3 Å². The van der Waals surface area contributed by atoms with Gasteiger partial charge in [0.25, 0.3) is 5.91 Å². The molecular weight excluding hydrogens is 304 g/mol. The molecule has 0 radical (unpaired) electrons. The molecule has 0 unspecified atom stereocenters. The van der Waals surface area contributed by atoms with E-state index in [1.165, 1.54) is 0 Å². The summed E-state index contributed by atoms with van der Waals surface area (Å²) in [5.41, 5.74) is 1.01. The lowest BCUT2D eigenvalue weighted by atomic mass is 10.3. The van der Waals surface area contributed by atoms with Gasteiger partial charge in [0.1, 0.15) is 0 Å². The zero-order valence-corrected chi connectivity index (χ0v) is 12.5. The van der Waals surface area contributed by atoms with Crippen molar-refractivity contribution in [1.29, 1.82) is 0 Å². The molecule has 1 heterocycles. The zero-order chi connectivity index (χ0) is 15.5. The molecule has 3 rings (SSSR count). The topological polar surface area (TPSA) is 76.0 Å². The molecule has 1 aromatic carbocycles. The van der Waals surface area contributed by atoms with Crippen LogP contribution in [0.4, 0.5) is 0 Å². The summed E-state index contributed by atoms with van der Waals surface area (Å²) in [6.45, 7) is -0.0423. The molecule has 2 amide bonds. The van der Waals surface area contributed by atoms with E-state index in [9.17, 15) is 9.59 Å². The van der Waals surface area contributed by atoms with Crippen LogP contribution in [0.2, 0.25) is 5.02 Å². The van der Waals surface area contributed by atoms with Crippen LogP contribution in [-0.4, -0.2) is 34.2 Å². The van der Waals surface area contributed by atoms with Gasteiger partial charge in [0.2, 0.25) is 5.91 Å². The van der Waals surface area contributed by atoms with Crippen LogP contribution in [-0.2, 0) is 4.79 Å². The van der Waals surface area contributed by atoms with E-state index in [-0.39, 0.29) is 30.1 Å². The van der Waals surface area contributed by atoms with Crippen molar-refractivity contribution in [3.63, 3.8) is 0 Å². The summed E-state index contributed by atoms with van der Waals surface area (Å²) in [5.74, 6) is -0.558. The fourth-order valence-electron chi connectivity index (χ4n) is 1.96. The second-order valence-electron chi connectivity index (χ2n) is 5.15. The zero-order valence-electron chi connectivity index (χ0n) is 11.8. The van der Waals surface area contributed by atoms with Gasteiger partial charge in [-0.1, -0.05) is 17.7 Å². The number of hydrogen-bond acceptors (Lipinski definition) is 3. The normalized spacial score (nSPS) is 13.7. The van der Waals surface area contributed by atoms with E-state index in [4.69, 9.17) is 11.6 Å². The summed E-state index contributed by atoms with van der Waals surface area (Å²) in [4.78, 5) is 23.5. The highest BCUT2D eigenvalue weighted by Crippen LogP contribution is 2.18. The van der Waals surface area contributed by atoms with E-state index < -0.39 is 0 Å². The minimum Gasteiger partial charge on any atom is -0.352 e. The van der Waals surface area contributed by atoms with Crippen LogP contribution in [0.3, 0.4) is 0 Å². The fraction of sp³-hybridized carbons (Fsp3) is 0.267. The Morgan fingerprint density at radius 1 is 1.32 bits per heavy atom. The first-order chi connectivity index (χ1) is 10.6. The van der Waals surface area contributed by atoms with Crippen molar-refractivity contribution in [2.45, 2.75) is 18.9 Å². The van der Waals surface area contributed by atoms with E-state index in [2.05, 4.69) is 15.7 Å². The van der Waals surface area contributed by atoms with Gasteiger partial charge in [-0.2, -0.15) is 5.10 Å². The second-order valence-corrected chi connectivity index (χ2v) is 5.59. The van der Waals surface area contributed by atoms with E-state index >= 15 is 0 Å². The minimum atomic E-state index is -0.383. The third kappa shape index (κ3) is 3.65. The lowest BCUT2D eigenvalue weighted by molar-refractivity contribution is -0.120. The number of nitrogens with one attached hydrogen (secondary N) is 2. The van der Waals surface area contributed by atoms with E-state index in [0.29, 0.717) is 5.02 Å². The first-order valence-corrected chi connectivity index (χ1v) is 7.39. The average molecular weight is 319 g/mol. The van der Waals surface area contributed by atoms with Crippen LogP contribution in [0.15, 0.2) is 36.5 Å². The average Bonchev–Trinajstić information content (AvgIpc) is 3.17. The monoisotopic (exact) mass is 318 g/mol. The standard InChI is InChI=1S/C15H15ClN4O2/c16-10-2-1-3-12(8-10)20-7-6-13(19-20)15(22)17-9-14(21)18-11-4-5-11/h1-3,6-8,11H,4-5,9H2,(H,17,22)(H,18,21). The highest BCUT2D eigenvalue weighted by Gasteiger charge is 2.23. The summed E-state index contributed by atoms with van der Waals surface area (Å²) < 4.78 is 1.56. The van der Waals surface area contributed by atoms with Crippen molar-refractivity contribution in [2.24, 2.45) is 0 Å². The molecule has 0 spiro atoms. The Morgan fingerprint density at radius 3 is 2.86 bits per heavy atom. The summed E-state index contributed by atoms with van der Waals surface area (Å²) in [5, 5.41) is 10.1. The predicted octanol–water partition coefficient (Wildman–Crippen LogP) is 1.53. The van der Waals surface area contributed by atoms with Gasteiger partial charge >= 0.3 is 0 Å². The molecule has 7 heteroatoms. The van der Waals surface area contributed by atoms with Crippen LogP contribution in [0.25, 0.3) is 5.69 Å². The Labute approximate surface area is 132 Å². The molecule has 1 saturated carbocycles. The van der Waals surface area contributed by atoms with Crippen molar-refractivity contribution >= 4 is 23.4 Å². The SMILES string of the molecule is O=C(CNC(=O)c1ccn(-c2cccc(Cl)c2)n1)NC1CC1. The number of hydrogen-bond donors (Lipinski definition) is 2. The molecule has 1 aromatic heterocycles. The molecule has 0 bridgehead atoms. The molecule has 0 aliphatic heterocycles. The Morgan fingerprint density at radius 2 is 2.14 bits per heavy atom. The molecule has 114 valence electrons. The molecule has 0 atom stereocenters. The molecule has 1 fully saturated rings. The lowest BCUT2D eigenvalue weighted by Gasteiger charge is -2.04. The van der Waals surface area contributed by atoms with Gasteiger partial charge in [0.15, 0.2) is 5.69 Å². The Balaban J connectivity index is 1.60. The number of carbonyl (C=O) groups excluding carboxylic acids is 2. The van der Waals surface area contributed by atoms with Gasteiger partial charge in [-0.25, -0.2) is 4.68 Å². The first-order valence-electron chi connectivity index (χ1n) is 7.01. The van der Waals surface area contributed by atoms with Crippen LogP contribution < -0.4 is 10.6 Å². The summed E-state index contributed by atoms with van der Waals surface area (Å²) in [6, 6.07) is 9.03. The van der Waals surface area contributed by atoms with Crippen LogP contribution in [0.5, 0.6) is 0 Å². The number of aromatic nitrogens is 2. The van der Waals surface area contributed by atoms with Gasteiger partial charge in [-0.05, 0) is 37.1 Å². The number of halogens is 1. The maximum absolute atomic E-state index is 12.0.